The van der Waals surface area contributed by atoms with Gasteiger partial charge in [0.2, 0.25) is 0 Å². The first kappa shape index (κ1) is 13.8. The highest BCUT2D eigenvalue weighted by atomic mass is 16.6. The Bertz CT molecular complexity index is 460. The second-order valence-corrected chi connectivity index (χ2v) is 3.41. The smallest absolute Gasteiger partial charge is 0.342 e. The van der Waals surface area contributed by atoms with E-state index in [1.165, 1.54) is 12.3 Å². The van der Waals surface area contributed by atoms with Crippen LogP contribution in [0.15, 0.2) is 42.6 Å². The van der Waals surface area contributed by atoms with E-state index in [-0.39, 0.29) is 6.47 Å². The van der Waals surface area contributed by atoms with Crippen molar-refractivity contribution >= 4 is 23.3 Å². The lowest BCUT2D eigenvalue weighted by atomic mass is 10.2. The molecule has 0 aliphatic heterocycles. The van der Waals surface area contributed by atoms with Crippen LogP contribution in [0.5, 0.6) is 0 Å². The molecule has 0 aliphatic rings. The molecule has 1 aromatic heterocycles. The average molecular weight is 247 g/mol. The molecular formula is C13H13NO4. The van der Waals surface area contributed by atoms with Gasteiger partial charge >= 0.3 is 12.4 Å². The zero-order chi connectivity index (χ0) is 13.4. The summed E-state index contributed by atoms with van der Waals surface area (Å²) in [6.07, 6.45) is 0.586. The summed E-state index contributed by atoms with van der Waals surface area (Å²) in [7, 11) is 0. The quantitative estimate of drug-likeness (QED) is 0.491. The number of rotatable bonds is 2. The molecule has 5 nitrogen and oxygen atoms in total. The highest BCUT2D eigenvalue weighted by Crippen LogP contribution is 2.07. The molecule has 1 heterocycles. The number of carbonyl (C=O) groups is 2. The lowest BCUT2D eigenvalue weighted by Gasteiger charge is -1.95. The number of hydrogen-bond donors (Lipinski definition) is 1. The van der Waals surface area contributed by atoms with Crippen LogP contribution >= 0.6 is 0 Å². The van der Waals surface area contributed by atoms with Crippen LogP contribution in [0.3, 0.4) is 0 Å². The first-order chi connectivity index (χ1) is 8.65. The fourth-order valence-corrected chi connectivity index (χ4v) is 1.16. The molecule has 18 heavy (non-hydrogen) atoms. The Morgan fingerprint density at radius 3 is 2.56 bits per heavy atom. The Hall–Kier alpha value is -2.27. The summed E-state index contributed by atoms with van der Waals surface area (Å²) in [6, 6.07) is 12.1. The predicted molar refractivity (Wildman–Crippen MR) is 65.6 cm³/mol. The first-order valence-electron chi connectivity index (χ1n) is 5.27. The SMILES string of the molecule is CC(O)C(=O)OC=O.c1ccc2ncccc2c1. The molecule has 1 aromatic carbocycles. The van der Waals surface area contributed by atoms with Crippen LogP contribution in [-0.2, 0) is 14.3 Å². The molecule has 0 fully saturated rings. The van der Waals surface area contributed by atoms with Gasteiger partial charge in [-0.3, -0.25) is 9.78 Å². The largest absolute Gasteiger partial charge is 0.394 e. The lowest BCUT2D eigenvalue weighted by Crippen LogP contribution is -2.18. The monoisotopic (exact) mass is 247 g/mol. The van der Waals surface area contributed by atoms with Crippen LogP contribution in [0, 0.1) is 0 Å². The number of benzene rings is 1. The van der Waals surface area contributed by atoms with E-state index in [0.717, 1.165) is 5.52 Å². The number of aliphatic hydroxyl groups is 1. The van der Waals surface area contributed by atoms with Crippen LogP contribution in [-0.4, -0.2) is 28.6 Å². The molecule has 2 rings (SSSR count). The van der Waals surface area contributed by atoms with Gasteiger partial charge in [0.1, 0.15) is 6.10 Å². The summed E-state index contributed by atoms with van der Waals surface area (Å²) in [5.74, 6) is -0.931. The van der Waals surface area contributed by atoms with Gasteiger partial charge in [-0.05, 0) is 19.1 Å². The number of fused-ring (bicyclic) bond motifs is 1. The van der Waals surface area contributed by atoms with E-state index >= 15 is 0 Å². The zero-order valence-electron chi connectivity index (χ0n) is 9.82. The van der Waals surface area contributed by atoms with Gasteiger partial charge in [-0.2, -0.15) is 0 Å². The summed E-state index contributed by atoms with van der Waals surface area (Å²) in [5, 5.41) is 9.52. The standard InChI is InChI=1S/C9H7N.C4H6O4/c1-2-6-9-8(4-1)5-3-7-10-9;1-3(6)4(7)8-2-5/h1-7H;2-3,6H,1H3. The molecule has 2 aromatic rings. The maximum Gasteiger partial charge on any atom is 0.342 e. The van der Waals surface area contributed by atoms with Crippen molar-refractivity contribution in [2.75, 3.05) is 0 Å². The molecule has 0 saturated carbocycles. The minimum atomic E-state index is -1.22. The number of carbonyl (C=O) groups excluding carboxylic acids is 2. The van der Waals surface area contributed by atoms with E-state index in [1.807, 2.05) is 30.5 Å². The number of para-hydroxylation sites is 1. The molecule has 0 saturated heterocycles. The Morgan fingerprint density at radius 2 is 2.00 bits per heavy atom. The molecule has 5 heteroatoms. The van der Waals surface area contributed by atoms with Crippen LogP contribution in [0.25, 0.3) is 10.9 Å². The van der Waals surface area contributed by atoms with Crippen molar-refractivity contribution in [3.63, 3.8) is 0 Å². The number of ether oxygens (including phenoxy) is 1. The second kappa shape index (κ2) is 7.13. The van der Waals surface area contributed by atoms with E-state index in [1.54, 1.807) is 0 Å². The fraction of sp³-hybridized carbons (Fsp3) is 0.154. The molecule has 1 N–H and O–H groups in total. The van der Waals surface area contributed by atoms with Crippen molar-refractivity contribution in [1.82, 2.24) is 4.98 Å². The van der Waals surface area contributed by atoms with Crippen molar-refractivity contribution in [2.24, 2.45) is 0 Å². The zero-order valence-corrected chi connectivity index (χ0v) is 9.82. The maximum absolute atomic E-state index is 10.0. The van der Waals surface area contributed by atoms with E-state index < -0.39 is 12.1 Å². The molecule has 0 bridgehead atoms. The van der Waals surface area contributed by atoms with Gasteiger partial charge in [0.25, 0.3) is 0 Å². The van der Waals surface area contributed by atoms with Gasteiger partial charge in [-0.1, -0.05) is 24.3 Å². The molecule has 1 atom stereocenters. The van der Waals surface area contributed by atoms with Gasteiger partial charge in [0.15, 0.2) is 0 Å². The summed E-state index contributed by atoms with van der Waals surface area (Å²) >= 11 is 0. The third-order valence-corrected chi connectivity index (χ3v) is 2.02. The average Bonchev–Trinajstić information content (AvgIpc) is 2.40. The Balaban J connectivity index is 0.000000187. The van der Waals surface area contributed by atoms with Crippen molar-refractivity contribution in [3.8, 4) is 0 Å². The minimum Gasteiger partial charge on any atom is -0.394 e. The Morgan fingerprint density at radius 1 is 1.33 bits per heavy atom. The van der Waals surface area contributed by atoms with Crippen molar-refractivity contribution < 1.29 is 19.4 Å². The third-order valence-electron chi connectivity index (χ3n) is 2.02. The summed E-state index contributed by atoms with van der Waals surface area (Å²) in [5.41, 5.74) is 1.06. The third kappa shape index (κ3) is 4.31. The first-order valence-corrected chi connectivity index (χ1v) is 5.27. The van der Waals surface area contributed by atoms with Crippen LogP contribution in [0.4, 0.5) is 0 Å². The predicted octanol–water partition coefficient (Wildman–Crippen LogP) is 1.30. The fourth-order valence-electron chi connectivity index (χ4n) is 1.16. The van der Waals surface area contributed by atoms with Gasteiger partial charge in [-0.15, -0.1) is 0 Å². The van der Waals surface area contributed by atoms with E-state index in [0.29, 0.717) is 0 Å². The van der Waals surface area contributed by atoms with E-state index in [4.69, 9.17) is 5.11 Å². The molecule has 0 spiro atoms. The summed E-state index contributed by atoms with van der Waals surface area (Å²) < 4.78 is 3.73. The molecule has 1 unspecified atom stereocenters. The summed E-state index contributed by atoms with van der Waals surface area (Å²) in [4.78, 5) is 23.6. The number of nitrogens with zero attached hydrogens (tertiary/aromatic N) is 1. The summed E-state index contributed by atoms with van der Waals surface area (Å²) in [6.45, 7) is 1.20. The van der Waals surface area contributed by atoms with E-state index in [9.17, 15) is 9.59 Å². The normalized spacial score (nSPS) is 11.0. The highest BCUT2D eigenvalue weighted by molar-refractivity contribution is 5.79. The van der Waals surface area contributed by atoms with Crippen LogP contribution < -0.4 is 0 Å². The Labute approximate surface area is 104 Å². The van der Waals surface area contributed by atoms with Crippen molar-refractivity contribution in [2.45, 2.75) is 13.0 Å². The van der Waals surface area contributed by atoms with Crippen LogP contribution in [0.1, 0.15) is 6.92 Å². The van der Waals surface area contributed by atoms with Crippen molar-refractivity contribution in [3.05, 3.63) is 42.6 Å². The highest BCUT2D eigenvalue weighted by Gasteiger charge is 2.07. The number of esters is 1. The Kier molecular flexibility index (Phi) is 5.47. The lowest BCUT2D eigenvalue weighted by molar-refractivity contribution is -0.157. The maximum atomic E-state index is 10.0. The van der Waals surface area contributed by atoms with Crippen LogP contribution in [0.2, 0.25) is 0 Å². The van der Waals surface area contributed by atoms with Gasteiger partial charge in [-0.25, -0.2) is 4.79 Å². The molecule has 0 radical (unpaired) electrons. The number of hydrogen-bond acceptors (Lipinski definition) is 5. The van der Waals surface area contributed by atoms with Crippen molar-refractivity contribution in [1.29, 1.82) is 0 Å². The number of pyridine rings is 1. The molecule has 94 valence electrons. The van der Waals surface area contributed by atoms with Gasteiger partial charge < -0.3 is 9.84 Å². The number of aliphatic hydroxyl groups excluding tert-OH is 1. The molecule has 0 amide bonds. The number of aromatic nitrogens is 1. The van der Waals surface area contributed by atoms with Gasteiger partial charge in [0.05, 0.1) is 5.52 Å². The van der Waals surface area contributed by atoms with E-state index in [2.05, 4.69) is 21.9 Å². The second-order valence-electron chi connectivity index (χ2n) is 3.41. The molecular weight excluding hydrogens is 234 g/mol. The minimum absolute atomic E-state index is 0.0188. The molecule has 0 aliphatic carbocycles. The van der Waals surface area contributed by atoms with Gasteiger partial charge in [0, 0.05) is 11.6 Å². The topological polar surface area (TPSA) is 76.5 Å².